The first-order valence-corrected chi connectivity index (χ1v) is 9.93. The molecule has 0 spiro atoms. The summed E-state index contributed by atoms with van der Waals surface area (Å²) in [4.78, 5) is 20.5. The van der Waals surface area contributed by atoms with E-state index < -0.39 is 6.36 Å². The Labute approximate surface area is 180 Å². The van der Waals surface area contributed by atoms with Crippen molar-refractivity contribution < 1.29 is 13.9 Å². The Balaban J connectivity index is 1.57. The van der Waals surface area contributed by atoms with Gasteiger partial charge in [-0.2, -0.15) is 10.1 Å². The molecule has 0 bridgehead atoms. The molecule has 0 aliphatic heterocycles. The molecule has 3 aromatic rings. The number of anilines is 3. The molecule has 3 N–H and O–H groups in total. The number of nitrogens with zero attached hydrogens (tertiary/aromatic N) is 4. The molecule has 164 valence electrons. The number of alkyl halides is 1. The van der Waals surface area contributed by atoms with Gasteiger partial charge in [0.2, 0.25) is 18.2 Å². The van der Waals surface area contributed by atoms with Crippen LogP contribution in [0.15, 0.2) is 48.9 Å². The molecule has 1 unspecified atom stereocenters. The second-order valence-corrected chi connectivity index (χ2v) is 7.20. The molecule has 0 saturated heterocycles. The number of aromatic nitrogens is 4. The third-order valence-corrected chi connectivity index (χ3v) is 3.97. The summed E-state index contributed by atoms with van der Waals surface area (Å²) in [5, 5.41) is 13.3. The molecular weight excluding hydrogens is 401 g/mol. The largest absolute Gasteiger partial charge is 0.461 e. The Morgan fingerprint density at radius 3 is 2.87 bits per heavy atom. The standard InChI is InChI=1S/C21H26FN7O2/c1-14(2)26-20(30)13-29-12-17(11-25-29)27-21-23-8-7-19(28-21)24-10-16-5-4-6-18(9-16)31-15(3)22/h4-9,11-12,14-15H,10,13H2,1-3H3,(H,26,30)(H2,23,24,27,28). The summed E-state index contributed by atoms with van der Waals surface area (Å²) in [6.45, 7) is 5.76. The molecule has 31 heavy (non-hydrogen) atoms. The van der Waals surface area contributed by atoms with Gasteiger partial charge in [-0.05, 0) is 37.6 Å². The van der Waals surface area contributed by atoms with Crippen LogP contribution in [0.1, 0.15) is 26.3 Å². The predicted octanol–water partition coefficient (Wildman–Crippen LogP) is 3.25. The molecule has 3 rings (SSSR count). The van der Waals surface area contributed by atoms with Crippen LogP contribution in [0.3, 0.4) is 0 Å². The van der Waals surface area contributed by atoms with Crippen molar-refractivity contribution >= 4 is 23.4 Å². The number of rotatable bonds is 10. The summed E-state index contributed by atoms with van der Waals surface area (Å²) in [7, 11) is 0. The van der Waals surface area contributed by atoms with Gasteiger partial charge in [0, 0.05) is 31.9 Å². The highest BCUT2D eigenvalue weighted by atomic mass is 19.1. The Kier molecular flexibility index (Phi) is 7.36. The van der Waals surface area contributed by atoms with E-state index in [-0.39, 0.29) is 18.5 Å². The molecule has 0 saturated carbocycles. The molecule has 2 aromatic heterocycles. The predicted molar refractivity (Wildman–Crippen MR) is 116 cm³/mol. The highest BCUT2D eigenvalue weighted by molar-refractivity contribution is 5.76. The molecule has 1 amide bonds. The van der Waals surface area contributed by atoms with Gasteiger partial charge in [-0.3, -0.25) is 9.48 Å². The molecule has 1 aromatic carbocycles. The third kappa shape index (κ3) is 7.25. The van der Waals surface area contributed by atoms with Gasteiger partial charge < -0.3 is 20.7 Å². The average molecular weight is 427 g/mol. The van der Waals surface area contributed by atoms with E-state index in [0.717, 1.165) is 5.56 Å². The number of hydrogen-bond acceptors (Lipinski definition) is 7. The fourth-order valence-electron chi connectivity index (χ4n) is 2.78. The van der Waals surface area contributed by atoms with Gasteiger partial charge in [-0.25, -0.2) is 9.37 Å². The van der Waals surface area contributed by atoms with Crippen LogP contribution in [0.25, 0.3) is 0 Å². The molecule has 0 fully saturated rings. The van der Waals surface area contributed by atoms with Crippen LogP contribution >= 0.6 is 0 Å². The van der Waals surface area contributed by atoms with E-state index in [4.69, 9.17) is 4.74 Å². The van der Waals surface area contributed by atoms with E-state index in [1.54, 1.807) is 42.9 Å². The second-order valence-electron chi connectivity index (χ2n) is 7.20. The van der Waals surface area contributed by atoms with E-state index in [1.165, 1.54) is 11.6 Å². The van der Waals surface area contributed by atoms with Crippen molar-refractivity contribution in [3.63, 3.8) is 0 Å². The quantitative estimate of drug-likeness (QED) is 0.456. The number of ether oxygens (including phenoxy) is 1. The first-order chi connectivity index (χ1) is 14.9. The van der Waals surface area contributed by atoms with E-state index in [0.29, 0.717) is 29.7 Å². The fraction of sp³-hybridized carbons (Fsp3) is 0.333. The van der Waals surface area contributed by atoms with Crippen LogP contribution < -0.4 is 20.7 Å². The highest BCUT2D eigenvalue weighted by Gasteiger charge is 2.08. The van der Waals surface area contributed by atoms with E-state index in [1.807, 2.05) is 19.9 Å². The number of benzene rings is 1. The monoisotopic (exact) mass is 427 g/mol. The van der Waals surface area contributed by atoms with Crippen LogP contribution in [0.2, 0.25) is 0 Å². The molecule has 1 atom stereocenters. The summed E-state index contributed by atoms with van der Waals surface area (Å²) in [5.41, 5.74) is 1.59. The molecule has 0 aliphatic rings. The molecular formula is C21H26FN7O2. The van der Waals surface area contributed by atoms with Crippen LogP contribution in [0, 0.1) is 0 Å². The number of carbonyl (C=O) groups excluding carboxylic acids is 1. The summed E-state index contributed by atoms with van der Waals surface area (Å²) in [6.07, 6.45) is 3.57. The minimum Gasteiger partial charge on any atom is -0.461 e. The molecule has 0 radical (unpaired) electrons. The maximum absolute atomic E-state index is 13.0. The number of nitrogens with one attached hydrogen (secondary N) is 3. The number of hydrogen-bond donors (Lipinski definition) is 3. The maximum atomic E-state index is 13.0. The smallest absolute Gasteiger partial charge is 0.241 e. The van der Waals surface area contributed by atoms with Crippen molar-refractivity contribution in [2.75, 3.05) is 10.6 Å². The summed E-state index contributed by atoms with van der Waals surface area (Å²) >= 11 is 0. The lowest BCUT2D eigenvalue weighted by molar-refractivity contribution is -0.122. The molecule has 9 nitrogen and oxygen atoms in total. The normalized spacial score (nSPS) is 11.8. The minimum atomic E-state index is -1.37. The van der Waals surface area contributed by atoms with Crippen molar-refractivity contribution in [2.45, 2.75) is 46.3 Å². The van der Waals surface area contributed by atoms with Gasteiger partial charge in [0.15, 0.2) is 0 Å². The van der Waals surface area contributed by atoms with Crippen LogP contribution in [0.5, 0.6) is 5.75 Å². The first-order valence-electron chi connectivity index (χ1n) is 9.93. The molecule has 2 heterocycles. The number of carbonyl (C=O) groups is 1. The van der Waals surface area contributed by atoms with Gasteiger partial charge in [-0.15, -0.1) is 0 Å². The van der Waals surface area contributed by atoms with Gasteiger partial charge in [0.25, 0.3) is 0 Å². The van der Waals surface area contributed by atoms with Crippen molar-refractivity contribution in [1.82, 2.24) is 25.1 Å². The Morgan fingerprint density at radius 1 is 1.26 bits per heavy atom. The van der Waals surface area contributed by atoms with E-state index in [2.05, 4.69) is 31.0 Å². The van der Waals surface area contributed by atoms with Crippen molar-refractivity contribution in [2.24, 2.45) is 0 Å². The fourth-order valence-corrected chi connectivity index (χ4v) is 2.78. The lowest BCUT2D eigenvalue weighted by Crippen LogP contribution is -2.33. The van der Waals surface area contributed by atoms with Gasteiger partial charge in [-0.1, -0.05) is 12.1 Å². The zero-order valence-electron chi connectivity index (χ0n) is 17.7. The minimum absolute atomic E-state index is 0.0755. The van der Waals surface area contributed by atoms with Gasteiger partial charge in [0.05, 0.1) is 11.9 Å². The van der Waals surface area contributed by atoms with Crippen LogP contribution in [0.4, 0.5) is 21.8 Å². The molecule has 0 aliphatic carbocycles. The van der Waals surface area contributed by atoms with Gasteiger partial charge >= 0.3 is 0 Å². The zero-order valence-corrected chi connectivity index (χ0v) is 17.7. The number of amides is 1. The van der Waals surface area contributed by atoms with E-state index in [9.17, 15) is 9.18 Å². The SMILES string of the molecule is CC(C)NC(=O)Cn1cc(Nc2nccc(NCc3cccc(OC(C)F)c3)n2)cn1. The number of halogens is 1. The van der Waals surface area contributed by atoms with Crippen molar-refractivity contribution in [3.8, 4) is 5.75 Å². The third-order valence-electron chi connectivity index (χ3n) is 3.97. The Bertz CT molecular complexity index is 1010. The van der Waals surface area contributed by atoms with Crippen molar-refractivity contribution in [1.29, 1.82) is 0 Å². The average Bonchev–Trinajstić information content (AvgIpc) is 3.12. The topological polar surface area (TPSA) is 106 Å². The van der Waals surface area contributed by atoms with Gasteiger partial charge in [0.1, 0.15) is 18.1 Å². The highest BCUT2D eigenvalue weighted by Crippen LogP contribution is 2.17. The lowest BCUT2D eigenvalue weighted by Gasteiger charge is -2.10. The Morgan fingerprint density at radius 2 is 2.10 bits per heavy atom. The molecule has 10 heteroatoms. The Hall–Kier alpha value is -3.69. The first kappa shape index (κ1) is 22.0. The van der Waals surface area contributed by atoms with Crippen molar-refractivity contribution in [3.05, 3.63) is 54.5 Å². The zero-order chi connectivity index (χ0) is 22.2. The summed E-state index contributed by atoms with van der Waals surface area (Å²) in [5.74, 6) is 1.37. The second kappa shape index (κ2) is 10.4. The van der Waals surface area contributed by atoms with E-state index >= 15 is 0 Å². The summed E-state index contributed by atoms with van der Waals surface area (Å²) < 4.78 is 19.6. The van der Waals surface area contributed by atoms with Crippen LogP contribution in [-0.2, 0) is 17.9 Å². The summed E-state index contributed by atoms with van der Waals surface area (Å²) in [6, 6.07) is 9.01. The lowest BCUT2D eigenvalue weighted by atomic mass is 10.2. The van der Waals surface area contributed by atoms with Crippen LogP contribution in [-0.4, -0.2) is 38.1 Å². The maximum Gasteiger partial charge on any atom is 0.241 e.